The van der Waals surface area contributed by atoms with Crippen molar-refractivity contribution in [1.82, 2.24) is 25.2 Å². The first kappa shape index (κ1) is 21.4. The van der Waals surface area contributed by atoms with Gasteiger partial charge in [-0.05, 0) is 55.8 Å². The Morgan fingerprint density at radius 3 is 2.94 bits per heavy atom. The molecule has 1 aliphatic rings. The fourth-order valence-electron chi connectivity index (χ4n) is 4.23. The van der Waals surface area contributed by atoms with Gasteiger partial charge in [0.15, 0.2) is 0 Å². The molecule has 4 aromatic rings. The molecule has 0 spiro atoms. The summed E-state index contributed by atoms with van der Waals surface area (Å²) in [4.78, 5) is 21.5. The molecule has 8 heteroatoms. The first-order valence-corrected chi connectivity index (χ1v) is 11.5. The largest absolute Gasteiger partial charge is 0.353 e. The summed E-state index contributed by atoms with van der Waals surface area (Å²) in [5, 5.41) is 11.3. The molecule has 1 fully saturated rings. The highest BCUT2D eigenvalue weighted by Gasteiger charge is 2.16. The number of carbonyl (C=O) groups is 1. The Morgan fingerprint density at radius 1 is 1.18 bits per heavy atom. The summed E-state index contributed by atoms with van der Waals surface area (Å²) in [5.41, 5.74) is 3.60. The van der Waals surface area contributed by atoms with Gasteiger partial charge in [0.05, 0.1) is 5.69 Å². The van der Waals surface area contributed by atoms with Crippen LogP contribution in [0.5, 0.6) is 0 Å². The average molecular weight is 461 g/mol. The number of anilines is 2. The number of rotatable bonds is 7. The van der Waals surface area contributed by atoms with Gasteiger partial charge in [-0.15, -0.1) is 0 Å². The van der Waals surface area contributed by atoms with Gasteiger partial charge >= 0.3 is 0 Å². The van der Waals surface area contributed by atoms with E-state index in [-0.39, 0.29) is 12.5 Å². The van der Waals surface area contributed by atoms with E-state index in [1.165, 1.54) is 6.42 Å². The maximum atomic E-state index is 12.5. The first-order chi connectivity index (χ1) is 16.2. The Bertz CT molecular complexity index is 1280. The maximum absolute atomic E-state index is 12.5. The monoisotopic (exact) mass is 460 g/mol. The van der Waals surface area contributed by atoms with Gasteiger partial charge in [-0.2, -0.15) is 0 Å². The van der Waals surface area contributed by atoms with Crippen LogP contribution >= 0.6 is 11.6 Å². The van der Waals surface area contributed by atoms with Crippen LogP contribution < -0.4 is 16.0 Å². The number of nitrogens with one attached hydrogen (secondary N) is 3. The fourth-order valence-corrected chi connectivity index (χ4v) is 4.42. The molecule has 33 heavy (non-hydrogen) atoms. The molecule has 0 saturated carbocycles. The highest BCUT2D eigenvalue weighted by atomic mass is 35.5. The molecule has 0 radical (unpaired) electrons. The lowest BCUT2D eigenvalue weighted by Gasteiger charge is -2.12. The third-order valence-corrected chi connectivity index (χ3v) is 6.08. The highest BCUT2D eigenvalue weighted by Crippen LogP contribution is 2.29. The zero-order valence-electron chi connectivity index (χ0n) is 18.1. The SMILES string of the molecule is O=C(Cn1ccc2c(-c3ccnc(Nc4cccc(Cl)c4)n3)cccc21)NCC1CCCN1. The van der Waals surface area contributed by atoms with E-state index >= 15 is 0 Å². The van der Waals surface area contributed by atoms with E-state index in [4.69, 9.17) is 16.6 Å². The number of amides is 1. The van der Waals surface area contributed by atoms with Gasteiger partial charge in [0.1, 0.15) is 6.54 Å². The van der Waals surface area contributed by atoms with Crippen LogP contribution in [-0.4, -0.2) is 39.6 Å². The Hall–Kier alpha value is -3.42. The number of carbonyl (C=O) groups excluding carboxylic acids is 1. The van der Waals surface area contributed by atoms with E-state index in [9.17, 15) is 4.79 Å². The Kier molecular flexibility index (Phi) is 6.24. The summed E-state index contributed by atoms with van der Waals surface area (Å²) in [6, 6.07) is 17.8. The van der Waals surface area contributed by atoms with Crippen molar-refractivity contribution in [1.29, 1.82) is 0 Å². The molecular weight excluding hydrogens is 436 g/mol. The van der Waals surface area contributed by atoms with Crippen molar-refractivity contribution in [3.8, 4) is 11.3 Å². The number of aromatic nitrogens is 3. The van der Waals surface area contributed by atoms with E-state index in [1.54, 1.807) is 6.20 Å². The fraction of sp³-hybridized carbons (Fsp3) is 0.240. The second kappa shape index (κ2) is 9.60. The molecule has 1 unspecified atom stereocenters. The van der Waals surface area contributed by atoms with Crippen molar-refractivity contribution >= 4 is 40.0 Å². The van der Waals surface area contributed by atoms with Gasteiger partial charge in [0, 0.05) is 52.2 Å². The third kappa shape index (κ3) is 4.99. The summed E-state index contributed by atoms with van der Waals surface area (Å²) in [7, 11) is 0. The molecule has 7 nitrogen and oxygen atoms in total. The molecule has 168 valence electrons. The van der Waals surface area contributed by atoms with Crippen molar-refractivity contribution in [2.75, 3.05) is 18.4 Å². The summed E-state index contributed by atoms with van der Waals surface area (Å²) in [6.45, 7) is 1.99. The molecule has 1 amide bonds. The van der Waals surface area contributed by atoms with E-state index in [0.717, 1.165) is 40.8 Å². The van der Waals surface area contributed by atoms with Crippen LogP contribution in [-0.2, 0) is 11.3 Å². The van der Waals surface area contributed by atoms with Gasteiger partial charge < -0.3 is 20.5 Å². The molecule has 3 N–H and O–H groups in total. The number of hydrogen-bond donors (Lipinski definition) is 3. The van der Waals surface area contributed by atoms with Gasteiger partial charge in [-0.1, -0.05) is 29.8 Å². The minimum absolute atomic E-state index is 0.0154. The molecule has 0 aliphatic carbocycles. The van der Waals surface area contributed by atoms with E-state index in [2.05, 4.69) is 20.9 Å². The zero-order valence-corrected chi connectivity index (χ0v) is 18.8. The molecule has 1 atom stereocenters. The summed E-state index contributed by atoms with van der Waals surface area (Å²) < 4.78 is 1.97. The average Bonchev–Trinajstić information content (AvgIpc) is 3.48. The van der Waals surface area contributed by atoms with Crippen molar-refractivity contribution in [2.24, 2.45) is 0 Å². The number of benzene rings is 2. The first-order valence-electron chi connectivity index (χ1n) is 11.1. The van der Waals surface area contributed by atoms with Crippen LogP contribution in [0.25, 0.3) is 22.2 Å². The molecule has 2 aromatic carbocycles. The van der Waals surface area contributed by atoms with E-state index in [1.807, 2.05) is 65.4 Å². The van der Waals surface area contributed by atoms with Crippen LogP contribution in [0, 0.1) is 0 Å². The molecule has 0 bridgehead atoms. The lowest BCUT2D eigenvalue weighted by molar-refractivity contribution is -0.121. The maximum Gasteiger partial charge on any atom is 0.239 e. The molecule has 3 heterocycles. The van der Waals surface area contributed by atoms with Gasteiger partial charge in [-0.3, -0.25) is 4.79 Å². The molecule has 1 saturated heterocycles. The van der Waals surface area contributed by atoms with Crippen molar-refractivity contribution in [3.63, 3.8) is 0 Å². The summed E-state index contributed by atoms with van der Waals surface area (Å²) >= 11 is 6.08. The Balaban J connectivity index is 1.35. The lowest BCUT2D eigenvalue weighted by Crippen LogP contribution is -2.38. The number of halogens is 1. The van der Waals surface area contributed by atoms with Crippen molar-refractivity contribution < 1.29 is 4.79 Å². The van der Waals surface area contributed by atoms with E-state index < -0.39 is 0 Å². The normalized spacial score (nSPS) is 15.6. The van der Waals surface area contributed by atoms with Crippen LogP contribution in [0.3, 0.4) is 0 Å². The van der Waals surface area contributed by atoms with Gasteiger partial charge in [0.25, 0.3) is 0 Å². The molecule has 5 rings (SSSR count). The molecular formula is C25H25ClN6O. The van der Waals surface area contributed by atoms with Gasteiger partial charge in [-0.25, -0.2) is 9.97 Å². The molecule has 1 aliphatic heterocycles. The second-order valence-corrected chi connectivity index (χ2v) is 8.62. The predicted octanol–water partition coefficient (Wildman–Crippen LogP) is 4.36. The smallest absolute Gasteiger partial charge is 0.239 e. The van der Waals surface area contributed by atoms with Gasteiger partial charge in [0.2, 0.25) is 11.9 Å². The second-order valence-electron chi connectivity index (χ2n) is 8.18. The minimum atomic E-state index is 0.0154. The standard InChI is InChI=1S/C25H25ClN6O/c26-17-4-1-5-18(14-17)30-25-28-12-9-22(31-25)20-7-2-8-23-21(20)10-13-32(23)16-24(33)29-15-19-6-3-11-27-19/h1-2,4-5,7-10,12-14,19,27H,3,6,11,15-16H2,(H,29,33)(H,28,30,31). The van der Waals surface area contributed by atoms with Crippen LogP contribution in [0.4, 0.5) is 11.6 Å². The van der Waals surface area contributed by atoms with Crippen LogP contribution in [0.15, 0.2) is 67.0 Å². The Labute approximate surface area is 197 Å². The van der Waals surface area contributed by atoms with Crippen LogP contribution in [0.1, 0.15) is 12.8 Å². The molecule has 2 aromatic heterocycles. The lowest BCUT2D eigenvalue weighted by atomic mass is 10.1. The Morgan fingerprint density at radius 2 is 2.09 bits per heavy atom. The topological polar surface area (TPSA) is 83.9 Å². The minimum Gasteiger partial charge on any atom is -0.353 e. The number of nitrogens with zero attached hydrogens (tertiary/aromatic N) is 3. The number of fused-ring (bicyclic) bond motifs is 1. The van der Waals surface area contributed by atoms with Crippen molar-refractivity contribution in [2.45, 2.75) is 25.4 Å². The number of hydrogen-bond acceptors (Lipinski definition) is 5. The highest BCUT2D eigenvalue weighted by molar-refractivity contribution is 6.30. The zero-order chi connectivity index (χ0) is 22.6. The summed E-state index contributed by atoms with van der Waals surface area (Å²) in [5.74, 6) is 0.507. The van der Waals surface area contributed by atoms with Crippen molar-refractivity contribution in [3.05, 3.63) is 72.0 Å². The summed E-state index contributed by atoms with van der Waals surface area (Å²) in [6.07, 6.45) is 5.97. The third-order valence-electron chi connectivity index (χ3n) is 5.85. The quantitative estimate of drug-likeness (QED) is 0.381. The van der Waals surface area contributed by atoms with E-state index in [0.29, 0.717) is 23.6 Å². The van der Waals surface area contributed by atoms with Crippen LogP contribution in [0.2, 0.25) is 5.02 Å². The predicted molar refractivity (Wildman–Crippen MR) is 132 cm³/mol.